The van der Waals surface area contributed by atoms with E-state index in [4.69, 9.17) is 5.14 Å². The molecule has 3 aromatic rings. The zero-order chi connectivity index (χ0) is 19.6. The van der Waals surface area contributed by atoms with Crippen LogP contribution < -0.4 is 5.14 Å². The normalized spacial score (nSPS) is 11.6. The van der Waals surface area contributed by atoms with E-state index in [0.29, 0.717) is 22.5 Å². The van der Waals surface area contributed by atoms with E-state index in [-0.39, 0.29) is 4.90 Å². The van der Waals surface area contributed by atoms with Gasteiger partial charge in [0.15, 0.2) is 5.69 Å². The van der Waals surface area contributed by atoms with Gasteiger partial charge in [-0.25, -0.2) is 18.2 Å². The molecular weight excluding hydrogens is 360 g/mol. The van der Waals surface area contributed by atoms with E-state index in [1.54, 1.807) is 24.4 Å². The van der Waals surface area contributed by atoms with Crippen LogP contribution in [0.5, 0.6) is 0 Å². The first-order valence-corrected chi connectivity index (χ1v) is 9.75. The van der Waals surface area contributed by atoms with Crippen molar-refractivity contribution < 1.29 is 8.42 Å². The van der Waals surface area contributed by atoms with Gasteiger partial charge in [-0.15, -0.1) is 0 Å². The summed E-state index contributed by atoms with van der Waals surface area (Å²) in [6.45, 7) is 3.83. The van der Waals surface area contributed by atoms with Crippen LogP contribution in [0.1, 0.15) is 18.2 Å². The number of aromatic nitrogens is 2. The maximum absolute atomic E-state index is 11.5. The number of nitrogens with two attached hydrogens (primary N) is 1. The van der Waals surface area contributed by atoms with Gasteiger partial charge < -0.3 is 0 Å². The number of primary sulfonamides is 1. The minimum atomic E-state index is -3.77. The molecule has 2 aromatic carbocycles. The molecule has 0 spiro atoms. The van der Waals surface area contributed by atoms with E-state index in [1.165, 1.54) is 16.8 Å². The lowest BCUT2D eigenvalue weighted by atomic mass is 9.98. The van der Waals surface area contributed by atoms with Crippen LogP contribution in [0.15, 0.2) is 59.5 Å². The number of sulfonamides is 1. The maximum atomic E-state index is 11.5. The number of aryl methyl sites for hydroxylation is 1. The molecule has 0 radical (unpaired) electrons. The molecule has 0 aliphatic heterocycles. The van der Waals surface area contributed by atoms with E-state index in [2.05, 4.69) is 11.2 Å². The van der Waals surface area contributed by atoms with Gasteiger partial charge in [0.1, 0.15) is 11.8 Å². The monoisotopic (exact) mass is 378 g/mol. The van der Waals surface area contributed by atoms with Crippen LogP contribution in [0, 0.1) is 18.3 Å². The van der Waals surface area contributed by atoms with E-state index in [1.807, 2.05) is 38.1 Å². The third-order valence-corrected chi connectivity index (χ3v) is 5.03. The molecule has 2 N–H and O–H groups in total. The lowest BCUT2D eigenvalue weighted by Crippen LogP contribution is -2.11. The Labute approximate surface area is 158 Å². The molecule has 7 heteroatoms. The summed E-state index contributed by atoms with van der Waals surface area (Å²) in [5.74, 6) is 0. The Balaban J connectivity index is 2.26. The molecule has 136 valence electrons. The zero-order valence-corrected chi connectivity index (χ0v) is 15.7. The molecule has 3 rings (SSSR count). The average Bonchev–Trinajstić information content (AvgIpc) is 3.00. The highest BCUT2D eigenvalue weighted by molar-refractivity contribution is 7.89. The van der Waals surface area contributed by atoms with Gasteiger partial charge in [-0.2, -0.15) is 10.4 Å². The molecular formula is C20H18N4O2S. The molecule has 0 aliphatic rings. The standard InChI is InChI=1S/C20H18N4O2S/c1-3-12-24-18(13-21)19(15-6-4-14(2)5-7-15)20(23-24)16-8-10-17(11-9-16)27(22,25)26/h3-12H,1-2H3,(H2,22,25,26). The second-order valence-electron chi connectivity index (χ2n) is 6.05. The van der Waals surface area contributed by atoms with Crippen LogP contribution in [0.2, 0.25) is 0 Å². The summed E-state index contributed by atoms with van der Waals surface area (Å²) < 4.78 is 24.5. The largest absolute Gasteiger partial charge is 0.238 e. The summed E-state index contributed by atoms with van der Waals surface area (Å²) in [6.07, 6.45) is 3.50. The van der Waals surface area contributed by atoms with Gasteiger partial charge in [0, 0.05) is 17.3 Å². The smallest absolute Gasteiger partial charge is 0.229 e. The van der Waals surface area contributed by atoms with Crippen molar-refractivity contribution in [3.8, 4) is 28.5 Å². The minimum absolute atomic E-state index is 0.0246. The fraction of sp³-hybridized carbons (Fsp3) is 0.100. The summed E-state index contributed by atoms with van der Waals surface area (Å²) in [4.78, 5) is 0.0246. The molecule has 0 fully saturated rings. The zero-order valence-electron chi connectivity index (χ0n) is 14.9. The van der Waals surface area contributed by atoms with Crippen molar-refractivity contribution in [1.29, 1.82) is 5.26 Å². The highest BCUT2D eigenvalue weighted by Gasteiger charge is 2.20. The number of hydrogen-bond acceptors (Lipinski definition) is 4. The van der Waals surface area contributed by atoms with Gasteiger partial charge in [0.25, 0.3) is 0 Å². The summed E-state index contributed by atoms with van der Waals surface area (Å²) in [6, 6.07) is 16.2. The molecule has 1 aromatic heterocycles. The molecule has 0 amide bonds. The van der Waals surface area contributed by atoms with Crippen LogP contribution in [0.3, 0.4) is 0 Å². The van der Waals surface area contributed by atoms with Gasteiger partial charge in [-0.3, -0.25) is 0 Å². The number of allylic oxidation sites excluding steroid dienone is 1. The maximum Gasteiger partial charge on any atom is 0.238 e. The predicted molar refractivity (Wildman–Crippen MR) is 105 cm³/mol. The summed E-state index contributed by atoms with van der Waals surface area (Å²) in [5, 5.41) is 19.4. The van der Waals surface area contributed by atoms with Crippen LogP contribution >= 0.6 is 0 Å². The molecule has 27 heavy (non-hydrogen) atoms. The Kier molecular flexibility index (Phi) is 4.95. The van der Waals surface area contributed by atoms with Gasteiger partial charge in [0.05, 0.1) is 4.90 Å². The van der Waals surface area contributed by atoms with Crippen molar-refractivity contribution in [2.75, 3.05) is 0 Å². The lowest BCUT2D eigenvalue weighted by molar-refractivity contribution is 0.598. The minimum Gasteiger partial charge on any atom is -0.229 e. The highest BCUT2D eigenvalue weighted by Crippen LogP contribution is 2.35. The summed E-state index contributed by atoms with van der Waals surface area (Å²) in [7, 11) is -3.77. The van der Waals surface area contributed by atoms with Crippen LogP contribution in [0.25, 0.3) is 28.6 Å². The van der Waals surface area contributed by atoms with Crippen LogP contribution in [-0.4, -0.2) is 18.2 Å². The van der Waals surface area contributed by atoms with Crippen molar-refractivity contribution in [2.24, 2.45) is 5.14 Å². The molecule has 0 aliphatic carbocycles. The quantitative estimate of drug-likeness (QED) is 0.750. The van der Waals surface area contributed by atoms with Crippen molar-refractivity contribution in [3.63, 3.8) is 0 Å². The Morgan fingerprint density at radius 3 is 2.19 bits per heavy atom. The van der Waals surface area contributed by atoms with Crippen LogP contribution in [0.4, 0.5) is 0 Å². The van der Waals surface area contributed by atoms with E-state index < -0.39 is 10.0 Å². The number of benzene rings is 2. The first kappa shape index (κ1) is 18.6. The van der Waals surface area contributed by atoms with E-state index in [0.717, 1.165) is 11.1 Å². The van der Waals surface area contributed by atoms with Gasteiger partial charge >= 0.3 is 0 Å². The van der Waals surface area contributed by atoms with E-state index >= 15 is 0 Å². The number of hydrogen-bond donors (Lipinski definition) is 1. The molecule has 0 saturated carbocycles. The SMILES string of the molecule is CC=Cn1nc(-c2ccc(S(N)(=O)=O)cc2)c(-c2ccc(C)cc2)c1C#N. The summed E-state index contributed by atoms with van der Waals surface area (Å²) in [5.41, 5.74) is 4.35. The molecule has 0 saturated heterocycles. The van der Waals surface area contributed by atoms with E-state index in [9.17, 15) is 13.7 Å². The predicted octanol–water partition coefficient (Wildman–Crippen LogP) is 3.54. The highest BCUT2D eigenvalue weighted by atomic mass is 32.2. The van der Waals surface area contributed by atoms with Crippen molar-refractivity contribution >= 4 is 16.2 Å². The van der Waals surface area contributed by atoms with Crippen molar-refractivity contribution in [3.05, 3.63) is 65.9 Å². The Morgan fingerprint density at radius 1 is 1.07 bits per heavy atom. The second-order valence-corrected chi connectivity index (χ2v) is 7.61. The second kappa shape index (κ2) is 7.19. The molecule has 0 bridgehead atoms. The van der Waals surface area contributed by atoms with Gasteiger partial charge in [-0.1, -0.05) is 48.0 Å². The molecule has 1 heterocycles. The Bertz CT molecular complexity index is 1150. The molecule has 6 nitrogen and oxygen atoms in total. The van der Waals surface area contributed by atoms with Gasteiger partial charge in [0.2, 0.25) is 10.0 Å². The molecule has 0 unspecified atom stereocenters. The topological polar surface area (TPSA) is 102 Å². The average molecular weight is 378 g/mol. The number of nitriles is 1. The fourth-order valence-corrected chi connectivity index (χ4v) is 3.30. The van der Waals surface area contributed by atoms with Crippen molar-refractivity contribution in [1.82, 2.24) is 9.78 Å². The van der Waals surface area contributed by atoms with Crippen LogP contribution in [-0.2, 0) is 10.0 Å². The first-order valence-electron chi connectivity index (χ1n) is 8.21. The molecule has 0 atom stereocenters. The number of rotatable bonds is 4. The first-order chi connectivity index (χ1) is 12.8. The Morgan fingerprint density at radius 2 is 1.67 bits per heavy atom. The van der Waals surface area contributed by atoms with Gasteiger partial charge in [-0.05, 0) is 31.5 Å². The van der Waals surface area contributed by atoms with Crippen molar-refractivity contribution in [2.45, 2.75) is 18.7 Å². The lowest BCUT2D eigenvalue weighted by Gasteiger charge is -2.05. The Hall–Kier alpha value is -3.21. The third kappa shape index (κ3) is 3.67. The third-order valence-electron chi connectivity index (χ3n) is 4.10. The fourth-order valence-electron chi connectivity index (χ4n) is 2.79. The number of nitrogens with zero attached hydrogens (tertiary/aromatic N) is 3. The summed E-state index contributed by atoms with van der Waals surface area (Å²) >= 11 is 0.